The zero-order valence-electron chi connectivity index (χ0n) is 10.1. The van der Waals surface area contributed by atoms with Crippen LogP contribution in [-0.2, 0) is 6.42 Å². The zero-order valence-corrected chi connectivity index (χ0v) is 10.1. The number of nitrogens with one attached hydrogen (secondary N) is 1. The van der Waals surface area contributed by atoms with Gasteiger partial charge < -0.3 is 11.1 Å². The van der Waals surface area contributed by atoms with Crippen molar-refractivity contribution in [1.29, 1.82) is 0 Å². The van der Waals surface area contributed by atoms with Crippen molar-refractivity contribution in [3.05, 3.63) is 64.7 Å². The molecule has 0 bridgehead atoms. The van der Waals surface area contributed by atoms with E-state index in [-0.39, 0.29) is 5.78 Å². The van der Waals surface area contributed by atoms with Gasteiger partial charge in [-0.2, -0.15) is 0 Å². The summed E-state index contributed by atoms with van der Waals surface area (Å²) in [4.78, 5) is 23.4. The van der Waals surface area contributed by atoms with Crippen molar-refractivity contribution in [2.45, 2.75) is 6.42 Å². The van der Waals surface area contributed by atoms with E-state index in [9.17, 15) is 9.59 Å². The van der Waals surface area contributed by atoms with Crippen molar-refractivity contribution in [3.63, 3.8) is 0 Å². The molecule has 4 heteroatoms. The molecule has 0 atom stereocenters. The number of ketones is 1. The number of nitrogens with two attached hydrogens (primary N) is 1. The summed E-state index contributed by atoms with van der Waals surface area (Å²) in [5, 5.41) is 2.57. The van der Waals surface area contributed by atoms with E-state index in [1.807, 2.05) is 24.3 Å². The standard InChI is InChI=1S/C15H12N2O2/c16-15(19)17-13-7-3-6-11-12(13)8-9-4-1-2-5-10(9)14(11)18/h1-7H,8H2,(H3,16,17,19). The van der Waals surface area contributed by atoms with Crippen LogP contribution in [-0.4, -0.2) is 11.8 Å². The zero-order chi connectivity index (χ0) is 13.4. The van der Waals surface area contributed by atoms with Gasteiger partial charge in [-0.25, -0.2) is 4.79 Å². The molecule has 0 fully saturated rings. The number of rotatable bonds is 1. The summed E-state index contributed by atoms with van der Waals surface area (Å²) < 4.78 is 0. The summed E-state index contributed by atoms with van der Waals surface area (Å²) in [7, 11) is 0. The Labute approximate surface area is 110 Å². The Balaban J connectivity index is 2.15. The van der Waals surface area contributed by atoms with Crippen LogP contribution < -0.4 is 11.1 Å². The van der Waals surface area contributed by atoms with Crippen molar-refractivity contribution in [2.24, 2.45) is 5.73 Å². The van der Waals surface area contributed by atoms with Crippen molar-refractivity contribution in [2.75, 3.05) is 5.32 Å². The molecule has 4 nitrogen and oxygen atoms in total. The first kappa shape index (κ1) is 11.5. The van der Waals surface area contributed by atoms with Crippen LogP contribution in [0.15, 0.2) is 42.5 Å². The number of carbonyl (C=O) groups is 2. The molecule has 0 aromatic heterocycles. The van der Waals surface area contributed by atoms with Crippen LogP contribution in [0.4, 0.5) is 10.5 Å². The lowest BCUT2D eigenvalue weighted by molar-refractivity contribution is 0.103. The van der Waals surface area contributed by atoms with Gasteiger partial charge in [0.2, 0.25) is 0 Å². The molecule has 1 aliphatic rings. The Morgan fingerprint density at radius 2 is 1.79 bits per heavy atom. The highest BCUT2D eigenvalue weighted by Gasteiger charge is 2.24. The first-order valence-electron chi connectivity index (χ1n) is 5.98. The van der Waals surface area contributed by atoms with Crippen molar-refractivity contribution < 1.29 is 9.59 Å². The second kappa shape index (κ2) is 4.24. The van der Waals surface area contributed by atoms with Gasteiger partial charge in [-0.05, 0) is 17.2 Å². The summed E-state index contributed by atoms with van der Waals surface area (Å²) >= 11 is 0. The fraction of sp³-hybridized carbons (Fsp3) is 0.0667. The number of carbonyl (C=O) groups excluding carboxylic acids is 2. The number of amides is 2. The minimum atomic E-state index is -0.625. The van der Waals surface area contributed by atoms with Gasteiger partial charge in [0.1, 0.15) is 0 Å². The maximum absolute atomic E-state index is 12.4. The number of anilines is 1. The fourth-order valence-electron chi connectivity index (χ4n) is 2.47. The monoisotopic (exact) mass is 252 g/mol. The van der Waals surface area contributed by atoms with Crippen LogP contribution in [0.2, 0.25) is 0 Å². The van der Waals surface area contributed by atoms with Gasteiger partial charge in [0, 0.05) is 23.2 Å². The molecular weight excluding hydrogens is 240 g/mol. The number of hydrogen-bond acceptors (Lipinski definition) is 2. The van der Waals surface area contributed by atoms with Gasteiger partial charge in [0.15, 0.2) is 5.78 Å². The minimum absolute atomic E-state index is 0.00929. The highest BCUT2D eigenvalue weighted by atomic mass is 16.2. The van der Waals surface area contributed by atoms with Gasteiger partial charge in [-0.3, -0.25) is 4.79 Å². The molecule has 3 N–H and O–H groups in total. The fourth-order valence-corrected chi connectivity index (χ4v) is 2.47. The minimum Gasteiger partial charge on any atom is -0.351 e. The van der Waals surface area contributed by atoms with E-state index in [2.05, 4.69) is 5.32 Å². The highest BCUT2D eigenvalue weighted by Crippen LogP contribution is 2.31. The van der Waals surface area contributed by atoms with E-state index >= 15 is 0 Å². The molecule has 19 heavy (non-hydrogen) atoms. The first-order valence-corrected chi connectivity index (χ1v) is 5.98. The summed E-state index contributed by atoms with van der Waals surface area (Å²) in [6.45, 7) is 0. The Morgan fingerprint density at radius 1 is 1.05 bits per heavy atom. The lowest BCUT2D eigenvalue weighted by Gasteiger charge is -2.21. The molecule has 94 valence electrons. The van der Waals surface area contributed by atoms with Gasteiger partial charge in [-0.15, -0.1) is 0 Å². The third-order valence-electron chi connectivity index (χ3n) is 3.31. The predicted molar refractivity (Wildman–Crippen MR) is 72.3 cm³/mol. The summed E-state index contributed by atoms with van der Waals surface area (Å²) in [5.74, 6) is -0.00929. The van der Waals surface area contributed by atoms with Gasteiger partial charge in [0.05, 0.1) is 0 Å². The quantitative estimate of drug-likeness (QED) is 0.697. The van der Waals surface area contributed by atoms with E-state index in [0.29, 0.717) is 17.7 Å². The molecule has 2 aromatic rings. The van der Waals surface area contributed by atoms with E-state index < -0.39 is 6.03 Å². The van der Waals surface area contributed by atoms with Crippen LogP contribution in [0.5, 0.6) is 0 Å². The predicted octanol–water partition coefficient (Wildman–Crippen LogP) is 2.31. The Bertz CT molecular complexity index is 692. The smallest absolute Gasteiger partial charge is 0.316 e. The molecule has 0 aliphatic heterocycles. The van der Waals surface area contributed by atoms with E-state index in [1.54, 1.807) is 18.2 Å². The second-order valence-corrected chi connectivity index (χ2v) is 4.48. The van der Waals surface area contributed by atoms with E-state index in [0.717, 1.165) is 16.7 Å². The van der Waals surface area contributed by atoms with Crippen LogP contribution in [0, 0.1) is 0 Å². The lowest BCUT2D eigenvalue weighted by Crippen LogP contribution is -2.23. The molecule has 3 rings (SSSR count). The second-order valence-electron chi connectivity index (χ2n) is 4.48. The van der Waals surface area contributed by atoms with Crippen molar-refractivity contribution >= 4 is 17.5 Å². The van der Waals surface area contributed by atoms with Crippen molar-refractivity contribution in [1.82, 2.24) is 0 Å². The normalized spacial score (nSPS) is 12.5. The van der Waals surface area contributed by atoms with Crippen molar-refractivity contribution in [3.8, 4) is 0 Å². The summed E-state index contributed by atoms with van der Waals surface area (Å²) in [5.41, 5.74) is 8.91. The molecule has 2 amide bonds. The number of fused-ring (bicyclic) bond motifs is 2. The third kappa shape index (κ3) is 1.87. The average molecular weight is 252 g/mol. The number of primary amides is 1. The van der Waals surface area contributed by atoms with Gasteiger partial charge >= 0.3 is 6.03 Å². The number of urea groups is 1. The first-order chi connectivity index (χ1) is 9.16. The van der Waals surface area contributed by atoms with Crippen LogP contribution in [0.25, 0.3) is 0 Å². The average Bonchev–Trinajstić information content (AvgIpc) is 2.40. The molecule has 0 unspecified atom stereocenters. The van der Waals surface area contributed by atoms with Gasteiger partial charge in [0.25, 0.3) is 0 Å². The largest absolute Gasteiger partial charge is 0.351 e. The molecule has 1 aliphatic carbocycles. The Morgan fingerprint density at radius 3 is 2.58 bits per heavy atom. The molecule has 0 saturated heterocycles. The third-order valence-corrected chi connectivity index (χ3v) is 3.31. The van der Waals surface area contributed by atoms with E-state index in [4.69, 9.17) is 5.73 Å². The molecule has 0 heterocycles. The topological polar surface area (TPSA) is 72.2 Å². The highest BCUT2D eigenvalue weighted by molar-refractivity contribution is 6.13. The Kier molecular flexibility index (Phi) is 2.56. The number of hydrogen-bond donors (Lipinski definition) is 2. The molecular formula is C15H12N2O2. The van der Waals surface area contributed by atoms with Crippen LogP contribution in [0.1, 0.15) is 27.0 Å². The molecule has 0 saturated carbocycles. The summed E-state index contributed by atoms with van der Waals surface area (Å²) in [6.07, 6.45) is 0.619. The molecule has 2 aromatic carbocycles. The van der Waals surface area contributed by atoms with Gasteiger partial charge in [-0.1, -0.05) is 36.4 Å². The lowest BCUT2D eigenvalue weighted by atomic mass is 9.84. The SMILES string of the molecule is NC(=O)Nc1cccc2c1Cc1ccccc1C2=O. The maximum Gasteiger partial charge on any atom is 0.316 e. The maximum atomic E-state index is 12.4. The molecule has 0 spiro atoms. The number of benzene rings is 2. The molecule has 0 radical (unpaired) electrons. The van der Waals surface area contributed by atoms with Crippen LogP contribution in [0.3, 0.4) is 0 Å². The van der Waals surface area contributed by atoms with E-state index in [1.165, 1.54) is 0 Å². The van der Waals surface area contributed by atoms with Crippen LogP contribution >= 0.6 is 0 Å². The Hall–Kier alpha value is -2.62. The summed E-state index contributed by atoms with van der Waals surface area (Å²) in [6, 6.07) is 12.2.